The molecular formula is C29H23N2NaO7S4Se. The molecular weight excluding hydrogens is 719 g/mol. The number of allylic oxidation sites excluding steroid dienone is 1. The van der Waals surface area contributed by atoms with Gasteiger partial charge in [0, 0.05) is 0 Å². The van der Waals surface area contributed by atoms with E-state index in [1.807, 2.05) is 61.5 Å². The molecule has 3 aromatic carbocycles. The molecule has 2 aromatic heterocycles. The number of hydrogen-bond acceptors (Lipinski definition) is 9. The van der Waals surface area contributed by atoms with E-state index in [2.05, 4.69) is 0 Å². The number of hydrogen-bond donors (Lipinski definition) is 1. The molecule has 0 unspecified atom stereocenters. The van der Waals surface area contributed by atoms with E-state index in [9.17, 15) is 30.7 Å². The van der Waals surface area contributed by atoms with Gasteiger partial charge in [-0.2, -0.15) is 0 Å². The van der Waals surface area contributed by atoms with Crippen LogP contribution >= 0.6 is 23.1 Å². The van der Waals surface area contributed by atoms with Gasteiger partial charge in [-0.3, -0.25) is 0 Å². The molecule has 44 heavy (non-hydrogen) atoms. The number of aromatic nitrogens is 1. The zero-order chi connectivity index (χ0) is 30.5. The minimum absolute atomic E-state index is 0. The summed E-state index contributed by atoms with van der Waals surface area (Å²) in [7, 11) is -8.90. The summed E-state index contributed by atoms with van der Waals surface area (Å²) in [6.45, 7) is 2.21. The molecule has 0 saturated carbocycles. The van der Waals surface area contributed by atoms with Crippen LogP contribution in [0.4, 0.5) is 5.69 Å². The normalized spacial score (nSPS) is 15.4. The Morgan fingerprint density at radius 2 is 1.68 bits per heavy atom. The van der Waals surface area contributed by atoms with Crippen molar-refractivity contribution in [1.29, 1.82) is 0 Å². The van der Waals surface area contributed by atoms with Crippen molar-refractivity contribution in [2.45, 2.75) is 24.1 Å². The predicted octanol–water partition coefficient (Wildman–Crippen LogP) is 0.251. The number of benzene rings is 3. The van der Waals surface area contributed by atoms with Crippen molar-refractivity contribution < 1.29 is 55.5 Å². The Morgan fingerprint density at radius 3 is 2.39 bits per heavy atom. The first kappa shape index (κ1) is 33.4. The van der Waals surface area contributed by atoms with Crippen LogP contribution in [0.2, 0.25) is 0 Å². The van der Waals surface area contributed by atoms with E-state index in [1.54, 1.807) is 28.9 Å². The van der Waals surface area contributed by atoms with Crippen molar-refractivity contribution in [3.8, 4) is 0 Å². The zero-order valence-corrected chi connectivity index (χ0v) is 30.4. The van der Waals surface area contributed by atoms with Crippen molar-refractivity contribution in [3.05, 3.63) is 101 Å². The number of nitrogens with zero attached hydrogens (tertiary/aromatic N) is 2. The first-order valence-corrected chi connectivity index (χ1v) is 19.4. The molecule has 9 nitrogen and oxygen atoms in total. The maximum atomic E-state index is 13.4. The van der Waals surface area contributed by atoms with Crippen molar-refractivity contribution >= 4 is 96.1 Å². The van der Waals surface area contributed by atoms with Crippen molar-refractivity contribution in [3.63, 3.8) is 0 Å². The van der Waals surface area contributed by atoms with Gasteiger partial charge in [-0.05, 0) is 0 Å². The fraction of sp³-hybridized carbons (Fsp3) is 0.138. The smallest absolute Gasteiger partial charge is 1.00 e. The summed E-state index contributed by atoms with van der Waals surface area (Å²) in [6, 6.07) is 18.8. The average molecular weight is 742 g/mol. The summed E-state index contributed by atoms with van der Waals surface area (Å²) in [4.78, 5) is 15.8. The van der Waals surface area contributed by atoms with E-state index in [0.717, 1.165) is 29.8 Å². The Kier molecular flexibility index (Phi) is 9.91. The molecule has 5 aromatic rings. The van der Waals surface area contributed by atoms with E-state index in [-0.39, 0.29) is 49.6 Å². The molecule has 222 valence electrons. The minimum Gasteiger partial charge on any atom is 1.00 e. The van der Waals surface area contributed by atoms with Crippen LogP contribution in [0.3, 0.4) is 0 Å². The molecule has 15 heteroatoms. The standard InChI is InChI=1S/C29H24N2O7S4Se.Na/c1-2-30-27(15-25-21(16-41(33,34)35)20-9-5-6-10-24(20)43-25)39-23(29(30)32)13-14-26-31(17-42(36,37)38)22-12-11-18-7-3-4-8-19(18)28(22)40-26;/h3-15H,2,16-17H2,1H3,(H,33,34,35)(H,36,37,38);/q;+1/p-1/b23-13+,26-14-,27-15?;. The fourth-order valence-corrected chi connectivity index (χ4v) is 11.4. The van der Waals surface area contributed by atoms with Crippen LogP contribution < -0.4 is 49.2 Å². The molecule has 3 heterocycles. The summed E-state index contributed by atoms with van der Waals surface area (Å²) < 4.78 is 73.1. The van der Waals surface area contributed by atoms with Gasteiger partial charge in [-0.15, -0.1) is 0 Å². The minimum atomic E-state index is -4.53. The molecule has 0 amide bonds. The van der Waals surface area contributed by atoms with Crippen LogP contribution in [0.25, 0.3) is 32.6 Å². The van der Waals surface area contributed by atoms with Crippen LogP contribution in [0.5, 0.6) is 0 Å². The summed E-state index contributed by atoms with van der Waals surface area (Å²) in [6.07, 6.45) is 5.11. The quantitative estimate of drug-likeness (QED) is 0.184. The third kappa shape index (κ3) is 6.91. The maximum absolute atomic E-state index is 13.4. The zero-order valence-electron chi connectivity index (χ0n) is 23.5. The molecule has 0 radical (unpaired) electrons. The Balaban J connectivity index is 0.00000384. The van der Waals surface area contributed by atoms with Crippen LogP contribution in [-0.2, 0) is 32.5 Å². The van der Waals surface area contributed by atoms with Gasteiger partial charge in [0.1, 0.15) is 0 Å². The first-order valence-electron chi connectivity index (χ1n) is 12.9. The van der Waals surface area contributed by atoms with Crippen LogP contribution in [0.1, 0.15) is 16.9 Å². The largest absolute Gasteiger partial charge is 1.00 e. The second kappa shape index (κ2) is 13.0. The Labute approximate surface area is 289 Å². The maximum Gasteiger partial charge on any atom is 1.00 e. The van der Waals surface area contributed by atoms with Gasteiger partial charge in [0.25, 0.3) is 0 Å². The van der Waals surface area contributed by atoms with Crippen molar-refractivity contribution in [1.82, 2.24) is 4.57 Å². The summed E-state index contributed by atoms with van der Waals surface area (Å²) in [5.41, 5.74) is 0.863. The van der Waals surface area contributed by atoms with Crippen LogP contribution in [0, 0.1) is 0 Å². The monoisotopic (exact) mass is 742 g/mol. The third-order valence-corrected chi connectivity index (χ3v) is 12.8. The van der Waals surface area contributed by atoms with Gasteiger partial charge in [-0.1, -0.05) is 18.2 Å². The van der Waals surface area contributed by atoms with Crippen molar-refractivity contribution in [2.75, 3.05) is 10.8 Å². The molecule has 0 bridgehead atoms. The predicted molar refractivity (Wildman–Crippen MR) is 173 cm³/mol. The van der Waals surface area contributed by atoms with Crippen molar-refractivity contribution in [2.24, 2.45) is 0 Å². The number of fused-ring (bicyclic) bond motifs is 4. The third-order valence-electron chi connectivity index (χ3n) is 6.85. The fourth-order valence-electron chi connectivity index (χ4n) is 5.03. The summed E-state index contributed by atoms with van der Waals surface area (Å²) >= 11 is 2.34. The van der Waals surface area contributed by atoms with Gasteiger partial charge >= 0.3 is 274 Å². The topological polar surface area (TPSA) is 137 Å². The van der Waals surface area contributed by atoms with Gasteiger partial charge in [0.05, 0.1) is 0 Å². The molecule has 0 spiro atoms. The van der Waals surface area contributed by atoms with E-state index in [4.69, 9.17) is 0 Å². The molecule has 1 N–H and O–H groups in total. The second-order valence-electron chi connectivity index (χ2n) is 9.69. The SMILES string of the molecule is CCn1c(=Cc2[se]c3ccccc3c2CS(=O)(=O)[O-])s/c(=C/C=C2\Sc3c(ccc4ccccc34)N2CS(=O)(=O)O)c1=O.[Na+]. The Morgan fingerprint density at radius 1 is 0.977 bits per heavy atom. The number of rotatable bonds is 7. The Bertz CT molecular complexity index is 2360. The Hall–Kier alpha value is -1.94. The van der Waals surface area contributed by atoms with Gasteiger partial charge in [0.15, 0.2) is 0 Å². The molecule has 0 atom stereocenters. The van der Waals surface area contributed by atoms with E-state index >= 15 is 0 Å². The van der Waals surface area contributed by atoms with E-state index in [0.29, 0.717) is 32.0 Å². The number of anilines is 1. The number of thiazole rings is 1. The molecule has 0 aliphatic carbocycles. The van der Waals surface area contributed by atoms with Gasteiger partial charge < -0.3 is 0 Å². The molecule has 6 rings (SSSR count). The summed E-state index contributed by atoms with van der Waals surface area (Å²) in [5.74, 6) is -1.27. The van der Waals surface area contributed by atoms with Crippen LogP contribution in [-0.4, -0.2) is 50.9 Å². The molecule has 1 aliphatic rings. The number of thioether (sulfide) groups is 1. The molecule has 1 aliphatic heterocycles. The first-order chi connectivity index (χ1) is 20.4. The molecule has 0 fully saturated rings. The second-order valence-corrected chi connectivity index (χ2v) is 16.9. The van der Waals surface area contributed by atoms with Gasteiger partial charge in [0.2, 0.25) is 0 Å². The average Bonchev–Trinajstić information content (AvgIpc) is 3.57. The van der Waals surface area contributed by atoms with Gasteiger partial charge in [-0.25, -0.2) is 0 Å². The van der Waals surface area contributed by atoms with E-state index < -0.39 is 31.9 Å². The summed E-state index contributed by atoms with van der Waals surface area (Å²) in [5, 5.41) is 3.21. The molecule has 0 saturated heterocycles. The van der Waals surface area contributed by atoms with Crippen LogP contribution in [0.15, 0.2) is 81.5 Å². The van der Waals surface area contributed by atoms with E-state index in [1.165, 1.54) is 28.0 Å².